The maximum absolute atomic E-state index is 10.2. The molecule has 20 heavy (non-hydrogen) atoms. The SMILES string of the molecule is CCc1ccc([C@@H](N)[C@@H](O)Cc2ccccc2)cc1.Cl. The second kappa shape index (κ2) is 8.05. The van der Waals surface area contributed by atoms with Gasteiger partial charge in [0.1, 0.15) is 0 Å². The predicted octanol–water partition coefficient (Wildman–Crippen LogP) is 3.27. The Kier molecular flexibility index (Phi) is 6.73. The molecule has 0 saturated carbocycles. The van der Waals surface area contributed by atoms with Crippen molar-refractivity contribution < 1.29 is 5.11 Å². The van der Waals surface area contributed by atoms with E-state index in [1.165, 1.54) is 5.56 Å². The van der Waals surface area contributed by atoms with Crippen LogP contribution >= 0.6 is 12.4 Å². The molecule has 0 amide bonds. The zero-order valence-electron chi connectivity index (χ0n) is 11.7. The van der Waals surface area contributed by atoms with Crippen LogP contribution in [0.25, 0.3) is 0 Å². The van der Waals surface area contributed by atoms with Crippen LogP contribution < -0.4 is 5.73 Å². The molecule has 3 heteroatoms. The maximum atomic E-state index is 10.2. The second-order valence-corrected chi connectivity index (χ2v) is 4.88. The molecule has 2 aromatic rings. The normalized spacial score (nSPS) is 13.3. The Balaban J connectivity index is 0.00000200. The summed E-state index contributed by atoms with van der Waals surface area (Å²) in [5.41, 5.74) is 9.51. The summed E-state index contributed by atoms with van der Waals surface area (Å²) in [6.07, 6.45) is 1.04. The van der Waals surface area contributed by atoms with E-state index < -0.39 is 6.10 Å². The van der Waals surface area contributed by atoms with E-state index in [2.05, 4.69) is 19.1 Å². The van der Waals surface area contributed by atoms with Gasteiger partial charge in [-0.15, -0.1) is 12.4 Å². The fourth-order valence-corrected chi connectivity index (χ4v) is 2.18. The smallest absolute Gasteiger partial charge is 0.0773 e. The fraction of sp³-hybridized carbons (Fsp3) is 0.294. The summed E-state index contributed by atoms with van der Waals surface area (Å²) in [5.74, 6) is 0. The second-order valence-electron chi connectivity index (χ2n) is 4.88. The largest absolute Gasteiger partial charge is 0.391 e. The van der Waals surface area contributed by atoms with Gasteiger partial charge in [0.25, 0.3) is 0 Å². The van der Waals surface area contributed by atoms with Crippen molar-refractivity contribution >= 4 is 12.4 Å². The number of aliphatic hydroxyl groups is 1. The van der Waals surface area contributed by atoms with Crippen LogP contribution in [0.1, 0.15) is 29.7 Å². The number of rotatable bonds is 5. The van der Waals surface area contributed by atoms with Gasteiger partial charge in [-0.2, -0.15) is 0 Å². The third-order valence-electron chi connectivity index (χ3n) is 3.48. The molecule has 2 aromatic carbocycles. The number of halogens is 1. The molecule has 0 bridgehead atoms. The first-order valence-corrected chi connectivity index (χ1v) is 6.77. The minimum absolute atomic E-state index is 0. The molecule has 2 rings (SSSR count). The van der Waals surface area contributed by atoms with Crippen molar-refractivity contribution in [3.63, 3.8) is 0 Å². The summed E-state index contributed by atoms with van der Waals surface area (Å²) in [4.78, 5) is 0. The van der Waals surface area contributed by atoms with Gasteiger partial charge in [0, 0.05) is 6.42 Å². The van der Waals surface area contributed by atoms with Gasteiger partial charge in [-0.1, -0.05) is 61.5 Å². The van der Waals surface area contributed by atoms with Crippen molar-refractivity contribution in [2.75, 3.05) is 0 Å². The number of hydrogen-bond donors (Lipinski definition) is 2. The number of nitrogens with two attached hydrogens (primary N) is 1. The summed E-state index contributed by atoms with van der Waals surface area (Å²) < 4.78 is 0. The van der Waals surface area contributed by atoms with Gasteiger partial charge in [-0.3, -0.25) is 0 Å². The maximum Gasteiger partial charge on any atom is 0.0773 e. The third kappa shape index (κ3) is 4.34. The zero-order chi connectivity index (χ0) is 13.7. The molecule has 0 aliphatic carbocycles. The fourth-order valence-electron chi connectivity index (χ4n) is 2.18. The Morgan fingerprint density at radius 2 is 1.55 bits per heavy atom. The molecule has 0 saturated heterocycles. The lowest BCUT2D eigenvalue weighted by Gasteiger charge is -2.19. The highest BCUT2D eigenvalue weighted by atomic mass is 35.5. The van der Waals surface area contributed by atoms with E-state index in [4.69, 9.17) is 5.73 Å². The first-order valence-electron chi connectivity index (χ1n) is 6.77. The van der Waals surface area contributed by atoms with E-state index >= 15 is 0 Å². The van der Waals surface area contributed by atoms with Crippen molar-refractivity contribution in [3.05, 3.63) is 71.3 Å². The highest BCUT2D eigenvalue weighted by Crippen LogP contribution is 2.18. The van der Waals surface area contributed by atoms with E-state index in [-0.39, 0.29) is 18.4 Å². The first kappa shape index (κ1) is 16.7. The monoisotopic (exact) mass is 291 g/mol. The van der Waals surface area contributed by atoms with Crippen molar-refractivity contribution in [2.24, 2.45) is 5.73 Å². The van der Waals surface area contributed by atoms with Crippen LogP contribution in [-0.4, -0.2) is 11.2 Å². The quantitative estimate of drug-likeness (QED) is 0.888. The molecule has 0 radical (unpaired) electrons. The molecule has 0 spiro atoms. The molecule has 0 aromatic heterocycles. The lowest BCUT2D eigenvalue weighted by Crippen LogP contribution is -2.28. The molecule has 0 unspecified atom stereocenters. The van der Waals surface area contributed by atoms with Crippen LogP contribution in [0.4, 0.5) is 0 Å². The van der Waals surface area contributed by atoms with Crippen molar-refractivity contribution in [2.45, 2.75) is 31.9 Å². The average Bonchev–Trinajstić information content (AvgIpc) is 2.47. The predicted molar refractivity (Wildman–Crippen MR) is 86.1 cm³/mol. The molecule has 2 atom stereocenters. The van der Waals surface area contributed by atoms with E-state index in [0.717, 1.165) is 17.5 Å². The number of hydrogen-bond acceptors (Lipinski definition) is 2. The topological polar surface area (TPSA) is 46.2 Å². The Labute approximate surface area is 127 Å². The molecule has 0 fully saturated rings. The van der Waals surface area contributed by atoms with Crippen molar-refractivity contribution in [1.82, 2.24) is 0 Å². The Bertz CT molecular complexity index is 498. The van der Waals surface area contributed by atoms with Gasteiger partial charge in [0.15, 0.2) is 0 Å². The molecule has 3 N–H and O–H groups in total. The summed E-state index contributed by atoms with van der Waals surface area (Å²) in [5, 5.41) is 10.2. The minimum Gasteiger partial charge on any atom is -0.391 e. The lowest BCUT2D eigenvalue weighted by molar-refractivity contribution is 0.145. The molecular weight excluding hydrogens is 270 g/mol. The lowest BCUT2D eigenvalue weighted by atomic mass is 9.96. The van der Waals surface area contributed by atoms with E-state index in [1.54, 1.807) is 0 Å². The van der Waals surface area contributed by atoms with Crippen molar-refractivity contribution in [3.8, 4) is 0 Å². The molecule has 0 heterocycles. The molecule has 0 aliphatic rings. The van der Waals surface area contributed by atoms with Gasteiger partial charge < -0.3 is 10.8 Å². The van der Waals surface area contributed by atoms with Crippen LogP contribution in [0, 0.1) is 0 Å². The van der Waals surface area contributed by atoms with Gasteiger partial charge in [0.05, 0.1) is 12.1 Å². The summed E-state index contributed by atoms with van der Waals surface area (Å²) >= 11 is 0. The standard InChI is InChI=1S/C17H21NO.ClH/c1-2-13-8-10-15(11-9-13)17(18)16(19)12-14-6-4-3-5-7-14;/h3-11,16-17,19H,2,12,18H2,1H3;1H/t16-,17+;/m0./s1. The van der Waals surface area contributed by atoms with Gasteiger partial charge in [0.2, 0.25) is 0 Å². The zero-order valence-corrected chi connectivity index (χ0v) is 12.5. The number of benzene rings is 2. The van der Waals surface area contributed by atoms with Crippen LogP contribution in [0.5, 0.6) is 0 Å². The first-order chi connectivity index (χ1) is 9.20. The molecule has 108 valence electrons. The van der Waals surface area contributed by atoms with Crippen LogP contribution in [0.15, 0.2) is 54.6 Å². The van der Waals surface area contributed by atoms with Crippen LogP contribution in [0.2, 0.25) is 0 Å². The highest BCUT2D eigenvalue weighted by Gasteiger charge is 2.17. The summed E-state index contributed by atoms with van der Waals surface area (Å²) in [6, 6.07) is 17.8. The summed E-state index contributed by atoms with van der Waals surface area (Å²) in [6.45, 7) is 2.12. The molecular formula is C17H22ClNO. The minimum atomic E-state index is -0.560. The van der Waals surface area contributed by atoms with Gasteiger partial charge >= 0.3 is 0 Å². The van der Waals surface area contributed by atoms with E-state index in [9.17, 15) is 5.11 Å². The number of aryl methyl sites for hydroxylation is 1. The average molecular weight is 292 g/mol. The summed E-state index contributed by atoms with van der Waals surface area (Å²) in [7, 11) is 0. The number of aliphatic hydroxyl groups excluding tert-OH is 1. The Hall–Kier alpha value is -1.35. The third-order valence-corrected chi connectivity index (χ3v) is 3.48. The molecule has 2 nitrogen and oxygen atoms in total. The van der Waals surface area contributed by atoms with Gasteiger partial charge in [-0.05, 0) is 23.1 Å². The van der Waals surface area contributed by atoms with Crippen molar-refractivity contribution in [1.29, 1.82) is 0 Å². The van der Waals surface area contributed by atoms with Crippen LogP contribution in [-0.2, 0) is 12.8 Å². The Morgan fingerprint density at radius 1 is 0.950 bits per heavy atom. The Morgan fingerprint density at radius 3 is 2.10 bits per heavy atom. The van der Waals surface area contributed by atoms with E-state index in [1.807, 2.05) is 42.5 Å². The highest BCUT2D eigenvalue weighted by molar-refractivity contribution is 5.85. The van der Waals surface area contributed by atoms with Crippen LogP contribution in [0.3, 0.4) is 0 Å². The van der Waals surface area contributed by atoms with E-state index in [0.29, 0.717) is 6.42 Å². The molecule has 0 aliphatic heterocycles. The van der Waals surface area contributed by atoms with Gasteiger partial charge in [-0.25, -0.2) is 0 Å².